The number of nitrogens with zero attached hydrogens (tertiary/aromatic N) is 3. The highest BCUT2D eigenvalue weighted by Gasteiger charge is 2.24. The van der Waals surface area contributed by atoms with Gasteiger partial charge in [-0.1, -0.05) is 18.2 Å². The van der Waals surface area contributed by atoms with E-state index in [9.17, 15) is 18.0 Å². The van der Waals surface area contributed by atoms with Crippen LogP contribution in [0.25, 0.3) is 10.8 Å². The molecule has 1 aliphatic heterocycles. The molecule has 7 nitrogen and oxygen atoms in total. The van der Waals surface area contributed by atoms with Crippen LogP contribution in [0, 0.1) is 5.82 Å². The summed E-state index contributed by atoms with van der Waals surface area (Å²) in [6, 6.07) is 6.94. The topological polar surface area (TPSA) is 68.6 Å². The van der Waals surface area contributed by atoms with Crippen molar-refractivity contribution in [3.8, 4) is 5.75 Å². The summed E-state index contributed by atoms with van der Waals surface area (Å²) < 4.78 is 54.3. The number of likely N-dealkylation sites (N-methyl/N-ethyl adjacent to an activating group) is 1. The van der Waals surface area contributed by atoms with E-state index in [4.69, 9.17) is 9.47 Å². The van der Waals surface area contributed by atoms with Crippen LogP contribution in [0.15, 0.2) is 35.1 Å². The summed E-state index contributed by atoms with van der Waals surface area (Å²) in [6.45, 7) is 4.12. The normalized spacial score (nSPS) is 15.5. The highest BCUT2D eigenvalue weighted by Crippen LogP contribution is 2.38. The van der Waals surface area contributed by atoms with Crippen molar-refractivity contribution in [2.24, 2.45) is 7.05 Å². The molecule has 200 valence electrons. The minimum Gasteiger partial charge on any atom is -0.492 e. The standard InChI is InChI=1S/C27H33F3N4O3/c1-16(18-6-5-7-19(24(18)28)25(29)30)31-26-21-14-20(17-8-11-36-12-9-17)23(37-13-10-33(2)3)15-22(21)27(35)34(4)32-26/h5-7,14-17,25H,8-13H2,1-4H3,(H,31,32)/t16-/m1/s1. The molecular weight excluding hydrogens is 485 g/mol. The number of alkyl halides is 2. The zero-order valence-corrected chi connectivity index (χ0v) is 21.6. The van der Waals surface area contributed by atoms with Gasteiger partial charge in [-0.3, -0.25) is 4.79 Å². The molecule has 4 rings (SSSR count). The minimum atomic E-state index is -2.92. The predicted molar refractivity (Wildman–Crippen MR) is 137 cm³/mol. The number of ether oxygens (including phenoxy) is 2. The molecule has 3 aromatic rings. The Morgan fingerprint density at radius 1 is 1.19 bits per heavy atom. The Morgan fingerprint density at radius 3 is 2.57 bits per heavy atom. The Hall–Kier alpha value is -3.11. The van der Waals surface area contributed by atoms with Gasteiger partial charge >= 0.3 is 0 Å². The van der Waals surface area contributed by atoms with E-state index in [1.165, 1.54) is 23.9 Å². The average Bonchev–Trinajstić information content (AvgIpc) is 2.87. The van der Waals surface area contributed by atoms with Gasteiger partial charge in [0.25, 0.3) is 12.0 Å². The number of anilines is 1. The van der Waals surface area contributed by atoms with Gasteiger partial charge in [0.2, 0.25) is 0 Å². The van der Waals surface area contributed by atoms with E-state index < -0.39 is 23.8 Å². The van der Waals surface area contributed by atoms with E-state index in [0.29, 0.717) is 48.7 Å². The second-order valence-corrected chi connectivity index (χ2v) is 9.67. The fourth-order valence-corrected chi connectivity index (χ4v) is 4.64. The SMILES string of the molecule is C[C@@H](Nc1nn(C)c(=O)c2cc(OCCN(C)C)c(C3CCOCC3)cc12)c1cccc(C(F)F)c1F. The monoisotopic (exact) mass is 518 g/mol. The van der Waals surface area contributed by atoms with Crippen LogP contribution in [0.1, 0.15) is 54.8 Å². The number of benzene rings is 2. The van der Waals surface area contributed by atoms with E-state index >= 15 is 0 Å². The van der Waals surface area contributed by atoms with Crippen molar-refractivity contribution >= 4 is 16.6 Å². The third-order valence-electron chi connectivity index (χ3n) is 6.75. The molecule has 2 heterocycles. The van der Waals surface area contributed by atoms with Crippen LogP contribution < -0.4 is 15.6 Å². The van der Waals surface area contributed by atoms with Crippen LogP contribution in [-0.4, -0.2) is 55.1 Å². The van der Waals surface area contributed by atoms with Gasteiger partial charge in [-0.2, -0.15) is 5.10 Å². The van der Waals surface area contributed by atoms with Gasteiger partial charge in [0.1, 0.15) is 18.2 Å². The molecule has 1 aliphatic rings. The van der Waals surface area contributed by atoms with Crippen LogP contribution >= 0.6 is 0 Å². The van der Waals surface area contributed by atoms with Crippen LogP contribution in [0.4, 0.5) is 19.0 Å². The lowest BCUT2D eigenvalue weighted by atomic mass is 9.89. The summed E-state index contributed by atoms with van der Waals surface area (Å²) in [6.07, 6.45) is -1.28. The molecule has 1 atom stereocenters. The smallest absolute Gasteiger partial charge is 0.274 e. The number of aromatic nitrogens is 2. The molecule has 1 fully saturated rings. The summed E-state index contributed by atoms with van der Waals surface area (Å²) in [7, 11) is 5.46. The van der Waals surface area contributed by atoms with Crippen molar-refractivity contribution in [1.29, 1.82) is 0 Å². The second kappa shape index (κ2) is 11.5. The molecule has 0 spiro atoms. The summed E-state index contributed by atoms with van der Waals surface area (Å²) in [5.74, 6) is 0.243. The van der Waals surface area contributed by atoms with Crippen molar-refractivity contribution in [1.82, 2.24) is 14.7 Å². The first-order valence-corrected chi connectivity index (χ1v) is 12.4. The maximum Gasteiger partial charge on any atom is 0.274 e. The van der Waals surface area contributed by atoms with Crippen molar-refractivity contribution in [3.63, 3.8) is 0 Å². The summed E-state index contributed by atoms with van der Waals surface area (Å²) in [5, 5.41) is 8.54. The van der Waals surface area contributed by atoms with Gasteiger partial charge in [0.15, 0.2) is 5.82 Å². The fourth-order valence-electron chi connectivity index (χ4n) is 4.64. The predicted octanol–water partition coefficient (Wildman–Crippen LogP) is 5.02. The molecule has 0 saturated carbocycles. The Kier molecular flexibility index (Phi) is 8.39. The number of halogens is 3. The third kappa shape index (κ3) is 5.91. The third-order valence-corrected chi connectivity index (χ3v) is 6.75. The van der Waals surface area contributed by atoms with E-state index in [2.05, 4.69) is 10.4 Å². The van der Waals surface area contributed by atoms with Gasteiger partial charge in [-0.15, -0.1) is 0 Å². The summed E-state index contributed by atoms with van der Waals surface area (Å²) >= 11 is 0. The zero-order chi connectivity index (χ0) is 26.7. The molecule has 0 unspecified atom stereocenters. The first-order valence-electron chi connectivity index (χ1n) is 12.4. The number of fused-ring (bicyclic) bond motifs is 1. The lowest BCUT2D eigenvalue weighted by Crippen LogP contribution is -2.24. The molecule has 0 amide bonds. The van der Waals surface area contributed by atoms with E-state index in [1.807, 2.05) is 25.1 Å². The van der Waals surface area contributed by atoms with Crippen LogP contribution in [0.2, 0.25) is 0 Å². The molecule has 2 aromatic carbocycles. The number of nitrogens with one attached hydrogen (secondary N) is 1. The maximum atomic E-state index is 14.8. The first kappa shape index (κ1) is 26.9. The molecular formula is C27H33F3N4O3. The minimum absolute atomic E-state index is 0.0925. The molecule has 37 heavy (non-hydrogen) atoms. The van der Waals surface area contributed by atoms with Crippen molar-refractivity contribution < 1.29 is 22.6 Å². The summed E-state index contributed by atoms with van der Waals surface area (Å²) in [5.41, 5.74) is 0.113. The Bertz CT molecular complexity index is 1310. The number of rotatable bonds is 9. The van der Waals surface area contributed by atoms with Gasteiger partial charge in [0.05, 0.1) is 17.0 Å². The van der Waals surface area contributed by atoms with Gasteiger partial charge in [-0.25, -0.2) is 17.9 Å². The lowest BCUT2D eigenvalue weighted by Gasteiger charge is -2.26. The number of hydrogen-bond acceptors (Lipinski definition) is 6. The number of aryl methyl sites for hydroxylation is 1. The molecule has 1 aromatic heterocycles. The number of hydrogen-bond donors (Lipinski definition) is 1. The van der Waals surface area contributed by atoms with E-state index in [0.717, 1.165) is 24.5 Å². The van der Waals surface area contributed by atoms with Gasteiger partial charge < -0.3 is 19.7 Å². The molecule has 1 saturated heterocycles. The molecule has 10 heteroatoms. The molecule has 1 N–H and O–H groups in total. The highest BCUT2D eigenvalue weighted by molar-refractivity contribution is 5.93. The first-order chi connectivity index (χ1) is 17.7. The van der Waals surface area contributed by atoms with E-state index in [-0.39, 0.29) is 17.0 Å². The Labute approximate surface area is 214 Å². The maximum absolute atomic E-state index is 14.8. The van der Waals surface area contributed by atoms with Gasteiger partial charge in [-0.05, 0) is 57.5 Å². The van der Waals surface area contributed by atoms with E-state index in [1.54, 1.807) is 13.0 Å². The molecule has 0 bridgehead atoms. The fraction of sp³-hybridized carbons (Fsp3) is 0.481. The van der Waals surface area contributed by atoms with Gasteiger partial charge in [0, 0.05) is 37.8 Å². The average molecular weight is 519 g/mol. The molecule has 0 radical (unpaired) electrons. The Balaban J connectivity index is 1.79. The van der Waals surface area contributed by atoms with Crippen LogP contribution in [-0.2, 0) is 11.8 Å². The highest BCUT2D eigenvalue weighted by atomic mass is 19.3. The van der Waals surface area contributed by atoms with Crippen molar-refractivity contribution in [2.75, 3.05) is 45.8 Å². The largest absolute Gasteiger partial charge is 0.492 e. The quantitative estimate of drug-likeness (QED) is 0.429. The van der Waals surface area contributed by atoms with Crippen LogP contribution in [0.5, 0.6) is 5.75 Å². The Morgan fingerprint density at radius 2 is 1.89 bits per heavy atom. The second-order valence-electron chi connectivity index (χ2n) is 9.67. The van der Waals surface area contributed by atoms with Crippen molar-refractivity contribution in [3.05, 3.63) is 63.2 Å². The van der Waals surface area contributed by atoms with Crippen LogP contribution in [0.3, 0.4) is 0 Å². The molecule has 0 aliphatic carbocycles. The zero-order valence-electron chi connectivity index (χ0n) is 21.6. The van der Waals surface area contributed by atoms with Crippen molar-refractivity contribution in [2.45, 2.75) is 38.2 Å². The summed E-state index contributed by atoms with van der Waals surface area (Å²) in [4.78, 5) is 15.1. The lowest BCUT2D eigenvalue weighted by molar-refractivity contribution is 0.0846.